The summed E-state index contributed by atoms with van der Waals surface area (Å²) in [4.78, 5) is 27.4. The maximum Gasteiger partial charge on any atom is 0.253 e. The van der Waals surface area contributed by atoms with Gasteiger partial charge in [0.2, 0.25) is 0 Å². The van der Waals surface area contributed by atoms with E-state index in [0.717, 1.165) is 11.1 Å². The molecule has 1 amide bonds. The Labute approximate surface area is 164 Å². The molecule has 2 aliphatic heterocycles. The normalized spacial score (nSPS) is 17.6. The van der Waals surface area contributed by atoms with E-state index in [2.05, 4.69) is 6.07 Å². The Bertz CT molecular complexity index is 1010. The predicted octanol–water partition coefficient (Wildman–Crippen LogP) is 3.82. The number of likely N-dealkylation sites (tertiary alicyclic amines) is 1. The lowest BCUT2D eigenvalue weighted by atomic mass is 9.81. The molecule has 0 aromatic heterocycles. The minimum atomic E-state index is -0.532. The van der Waals surface area contributed by atoms with Gasteiger partial charge in [0.25, 0.3) is 5.91 Å². The summed E-state index contributed by atoms with van der Waals surface area (Å²) < 4.78 is 6.39. The van der Waals surface area contributed by atoms with Gasteiger partial charge in [-0.05, 0) is 49.2 Å². The van der Waals surface area contributed by atoms with Crippen molar-refractivity contribution >= 4 is 11.7 Å². The van der Waals surface area contributed by atoms with E-state index >= 15 is 0 Å². The zero-order valence-corrected chi connectivity index (χ0v) is 16.1. The first kappa shape index (κ1) is 18.2. The van der Waals surface area contributed by atoms with E-state index in [1.54, 1.807) is 29.2 Å². The summed E-state index contributed by atoms with van der Waals surface area (Å²) in [6.45, 7) is 5.02. The summed E-state index contributed by atoms with van der Waals surface area (Å²) in [6, 6.07) is 12.8. The molecule has 2 aromatic rings. The van der Waals surface area contributed by atoms with Crippen molar-refractivity contribution in [3.63, 3.8) is 0 Å². The Kier molecular flexibility index (Phi) is 4.43. The van der Waals surface area contributed by atoms with Gasteiger partial charge in [-0.2, -0.15) is 5.26 Å². The van der Waals surface area contributed by atoms with Gasteiger partial charge in [0.15, 0.2) is 5.78 Å². The number of ether oxygens (including phenoxy) is 1. The molecular formula is C23H22N2O3. The average Bonchev–Trinajstić information content (AvgIpc) is 2.69. The minimum Gasteiger partial charge on any atom is -0.486 e. The highest BCUT2D eigenvalue weighted by Gasteiger charge is 2.44. The largest absolute Gasteiger partial charge is 0.486 e. The number of nitriles is 1. The number of ketones is 1. The highest BCUT2D eigenvalue weighted by atomic mass is 16.5. The van der Waals surface area contributed by atoms with Gasteiger partial charge in [0.05, 0.1) is 23.6 Å². The van der Waals surface area contributed by atoms with E-state index in [0.29, 0.717) is 54.8 Å². The van der Waals surface area contributed by atoms with Gasteiger partial charge in [0.1, 0.15) is 11.4 Å². The number of nitrogens with zero attached hydrogens (tertiary/aromatic N) is 2. The molecule has 0 unspecified atom stereocenters. The van der Waals surface area contributed by atoms with Gasteiger partial charge < -0.3 is 9.64 Å². The summed E-state index contributed by atoms with van der Waals surface area (Å²) >= 11 is 0. The summed E-state index contributed by atoms with van der Waals surface area (Å²) in [7, 11) is 0. The molecule has 5 nitrogen and oxygen atoms in total. The van der Waals surface area contributed by atoms with Gasteiger partial charge >= 0.3 is 0 Å². The maximum atomic E-state index is 12.8. The summed E-state index contributed by atoms with van der Waals surface area (Å²) in [5, 5.41) is 9.04. The fraction of sp³-hybridized carbons (Fsp3) is 0.348. The lowest BCUT2D eigenvalue weighted by Crippen LogP contribution is -2.52. The van der Waals surface area contributed by atoms with Crippen molar-refractivity contribution < 1.29 is 14.3 Å². The van der Waals surface area contributed by atoms with E-state index in [4.69, 9.17) is 10.00 Å². The highest BCUT2D eigenvalue weighted by Crippen LogP contribution is 2.41. The number of Topliss-reactive ketones (excluding diaryl/α,β-unsaturated/α-hetero) is 1. The molecule has 142 valence electrons. The van der Waals surface area contributed by atoms with E-state index < -0.39 is 5.60 Å². The number of piperidine rings is 1. The van der Waals surface area contributed by atoms with Crippen molar-refractivity contribution in [2.24, 2.45) is 0 Å². The van der Waals surface area contributed by atoms with Crippen LogP contribution in [0.1, 0.15) is 56.7 Å². The topological polar surface area (TPSA) is 70.4 Å². The smallest absolute Gasteiger partial charge is 0.253 e. The first-order valence-electron chi connectivity index (χ1n) is 9.54. The number of amides is 1. The third-order valence-corrected chi connectivity index (χ3v) is 5.72. The Morgan fingerprint density at radius 2 is 1.93 bits per heavy atom. The van der Waals surface area contributed by atoms with Crippen LogP contribution in [0, 0.1) is 25.2 Å². The standard InChI is InChI=1S/C23H22N2O3/c1-15-10-16(2)21-19(11-15)20(26)13-23(28-21)6-8-25(9-7-23)22(27)18-5-3-4-17(12-18)14-24/h3-5,10-12H,6-9,13H2,1-2H3. The monoisotopic (exact) mass is 374 g/mol. The van der Waals surface area contributed by atoms with Crippen molar-refractivity contribution in [3.8, 4) is 11.8 Å². The molecule has 28 heavy (non-hydrogen) atoms. The number of benzene rings is 2. The Balaban J connectivity index is 1.51. The van der Waals surface area contributed by atoms with Crippen LogP contribution < -0.4 is 4.74 Å². The van der Waals surface area contributed by atoms with Gasteiger partial charge in [-0.25, -0.2) is 0 Å². The van der Waals surface area contributed by atoms with Crippen molar-refractivity contribution in [2.45, 2.75) is 38.7 Å². The summed E-state index contributed by atoms with van der Waals surface area (Å²) in [6.07, 6.45) is 1.60. The van der Waals surface area contributed by atoms with Crippen molar-refractivity contribution in [1.29, 1.82) is 5.26 Å². The minimum absolute atomic E-state index is 0.0821. The lowest BCUT2D eigenvalue weighted by molar-refractivity contribution is -0.00619. The molecule has 4 rings (SSSR count). The van der Waals surface area contributed by atoms with Crippen LogP contribution in [-0.4, -0.2) is 35.3 Å². The second-order valence-corrected chi connectivity index (χ2v) is 7.83. The second-order valence-electron chi connectivity index (χ2n) is 7.83. The zero-order valence-electron chi connectivity index (χ0n) is 16.1. The molecule has 1 spiro atoms. The molecule has 0 aliphatic carbocycles. The molecule has 5 heteroatoms. The Morgan fingerprint density at radius 3 is 2.64 bits per heavy atom. The molecular weight excluding hydrogens is 352 g/mol. The molecule has 1 saturated heterocycles. The predicted molar refractivity (Wildman–Crippen MR) is 105 cm³/mol. The molecule has 1 fully saturated rings. The number of carbonyl (C=O) groups excluding carboxylic acids is 2. The Hall–Kier alpha value is -3.13. The maximum absolute atomic E-state index is 12.8. The molecule has 0 radical (unpaired) electrons. The van der Waals surface area contributed by atoms with E-state index in [1.165, 1.54) is 0 Å². The first-order chi connectivity index (χ1) is 13.4. The summed E-state index contributed by atoms with van der Waals surface area (Å²) in [5.41, 5.74) is 3.18. The van der Waals surface area contributed by atoms with Crippen molar-refractivity contribution in [1.82, 2.24) is 4.90 Å². The molecule has 2 heterocycles. The molecule has 2 aromatic carbocycles. The molecule has 0 bridgehead atoms. The zero-order chi connectivity index (χ0) is 19.9. The van der Waals surface area contributed by atoms with Crippen LogP contribution in [0.2, 0.25) is 0 Å². The van der Waals surface area contributed by atoms with Crippen molar-refractivity contribution in [2.75, 3.05) is 13.1 Å². The quantitative estimate of drug-likeness (QED) is 0.761. The lowest BCUT2D eigenvalue weighted by Gasteiger charge is -2.44. The number of aryl methyl sites for hydroxylation is 2. The Morgan fingerprint density at radius 1 is 1.18 bits per heavy atom. The molecule has 0 atom stereocenters. The number of carbonyl (C=O) groups is 2. The molecule has 0 saturated carbocycles. The third-order valence-electron chi connectivity index (χ3n) is 5.72. The van der Waals surface area contributed by atoms with Gasteiger partial charge in [0, 0.05) is 31.5 Å². The van der Waals surface area contributed by atoms with E-state index in [-0.39, 0.29) is 11.7 Å². The number of hydrogen-bond acceptors (Lipinski definition) is 4. The average molecular weight is 374 g/mol. The van der Waals surface area contributed by atoms with Crippen LogP contribution in [-0.2, 0) is 0 Å². The van der Waals surface area contributed by atoms with Crippen LogP contribution in [0.15, 0.2) is 36.4 Å². The third kappa shape index (κ3) is 3.16. The number of rotatable bonds is 1. The second kappa shape index (κ2) is 6.79. The van der Waals surface area contributed by atoms with Crippen molar-refractivity contribution in [3.05, 3.63) is 64.2 Å². The highest BCUT2D eigenvalue weighted by molar-refractivity contribution is 6.01. The summed E-state index contributed by atoms with van der Waals surface area (Å²) in [5.74, 6) is 0.735. The van der Waals surface area contributed by atoms with Gasteiger partial charge in [-0.3, -0.25) is 9.59 Å². The van der Waals surface area contributed by atoms with E-state index in [9.17, 15) is 9.59 Å². The molecule has 2 aliphatic rings. The van der Waals surface area contributed by atoms with Gasteiger partial charge in [-0.15, -0.1) is 0 Å². The van der Waals surface area contributed by atoms with Crippen LogP contribution in [0.3, 0.4) is 0 Å². The molecule has 0 N–H and O–H groups in total. The number of hydrogen-bond donors (Lipinski definition) is 0. The van der Waals surface area contributed by atoms with Gasteiger partial charge in [-0.1, -0.05) is 12.1 Å². The first-order valence-corrected chi connectivity index (χ1v) is 9.54. The van der Waals surface area contributed by atoms with Crippen LogP contribution in [0.4, 0.5) is 0 Å². The fourth-order valence-corrected chi connectivity index (χ4v) is 4.24. The van der Waals surface area contributed by atoms with E-state index in [1.807, 2.05) is 26.0 Å². The number of fused-ring (bicyclic) bond motifs is 1. The van der Waals surface area contributed by atoms with Crippen LogP contribution in [0.5, 0.6) is 5.75 Å². The van der Waals surface area contributed by atoms with Crippen LogP contribution in [0.25, 0.3) is 0 Å². The van der Waals surface area contributed by atoms with Crippen LogP contribution >= 0.6 is 0 Å². The fourth-order valence-electron chi connectivity index (χ4n) is 4.24. The SMILES string of the molecule is Cc1cc(C)c2c(c1)C(=O)CC1(CCN(C(=O)c3cccc(C#N)c3)CC1)O2.